The molecule has 5 heteroatoms. The van der Waals surface area contributed by atoms with Crippen molar-refractivity contribution in [1.29, 1.82) is 0 Å². The highest BCUT2D eigenvalue weighted by Crippen LogP contribution is 2.16. The molecule has 0 aliphatic carbocycles. The van der Waals surface area contributed by atoms with Crippen molar-refractivity contribution in [3.05, 3.63) is 36.5 Å². The fraction of sp³-hybridized carbons (Fsp3) is 0.868. The summed E-state index contributed by atoms with van der Waals surface area (Å²) in [4.78, 5) is 12.5. The van der Waals surface area contributed by atoms with Crippen LogP contribution in [-0.2, 0) is 4.79 Å². The van der Waals surface area contributed by atoms with E-state index in [1.807, 2.05) is 6.08 Å². The largest absolute Gasteiger partial charge is 0.394 e. The van der Waals surface area contributed by atoms with Gasteiger partial charge in [-0.2, -0.15) is 0 Å². The summed E-state index contributed by atoms with van der Waals surface area (Å²) in [6.45, 7) is 4.22. The Bertz CT molecular complexity index is 901. The molecule has 0 saturated heterocycles. The van der Waals surface area contributed by atoms with Crippen LogP contribution in [0.4, 0.5) is 0 Å². The molecule has 0 aromatic rings. The number of rotatable bonds is 47. The summed E-state index contributed by atoms with van der Waals surface area (Å²) in [5.41, 5.74) is 0. The summed E-state index contributed by atoms with van der Waals surface area (Å²) in [5.74, 6) is -0.324. The first kappa shape index (κ1) is 56.6. The second-order valence-electron chi connectivity index (χ2n) is 17.8. The third-order valence-corrected chi connectivity index (χ3v) is 11.9. The van der Waals surface area contributed by atoms with Crippen molar-refractivity contribution < 1.29 is 20.1 Å². The van der Waals surface area contributed by atoms with Gasteiger partial charge in [-0.3, -0.25) is 4.79 Å². The summed E-state index contributed by atoms with van der Waals surface area (Å²) in [5, 5.41) is 33.3. The van der Waals surface area contributed by atoms with Gasteiger partial charge in [0.1, 0.15) is 0 Å². The first-order valence-electron chi connectivity index (χ1n) is 25.8. The molecule has 3 unspecified atom stereocenters. The van der Waals surface area contributed by atoms with Gasteiger partial charge in [0.15, 0.2) is 0 Å². The van der Waals surface area contributed by atoms with Crippen molar-refractivity contribution in [3.63, 3.8) is 0 Å². The number of aliphatic hydroxyl groups is 3. The predicted octanol–water partition coefficient (Wildman–Crippen LogP) is 15.5. The van der Waals surface area contributed by atoms with Gasteiger partial charge in [-0.25, -0.2) is 0 Å². The Balaban J connectivity index is 3.59. The third kappa shape index (κ3) is 44.1. The molecule has 58 heavy (non-hydrogen) atoms. The minimum absolute atomic E-state index is 0.00649. The van der Waals surface area contributed by atoms with Crippen LogP contribution in [0.5, 0.6) is 0 Å². The van der Waals surface area contributed by atoms with Crippen molar-refractivity contribution in [2.75, 3.05) is 6.61 Å². The van der Waals surface area contributed by atoms with Crippen molar-refractivity contribution in [1.82, 2.24) is 5.32 Å². The van der Waals surface area contributed by atoms with Crippen LogP contribution in [0.25, 0.3) is 0 Å². The van der Waals surface area contributed by atoms with E-state index in [1.165, 1.54) is 212 Å². The molecule has 0 aliphatic heterocycles. The summed E-state index contributed by atoms with van der Waals surface area (Å²) in [6, 6.07) is -0.761. The minimum atomic E-state index is -0.951. The van der Waals surface area contributed by atoms with E-state index in [9.17, 15) is 20.1 Å². The van der Waals surface area contributed by atoms with Crippen molar-refractivity contribution >= 4 is 5.91 Å². The van der Waals surface area contributed by atoms with Crippen molar-refractivity contribution in [3.8, 4) is 0 Å². The number of unbranched alkanes of at least 4 members (excludes halogenated alkanes) is 34. The quantitative estimate of drug-likeness (QED) is 0.0364. The lowest BCUT2D eigenvalue weighted by molar-refractivity contribution is -0.124. The Morgan fingerprint density at radius 1 is 0.431 bits per heavy atom. The molecular weight excluding hydrogens is 715 g/mol. The van der Waals surface area contributed by atoms with Gasteiger partial charge >= 0.3 is 0 Å². The first-order chi connectivity index (χ1) is 28.5. The Labute approximate surface area is 362 Å². The van der Waals surface area contributed by atoms with E-state index in [0.717, 1.165) is 32.1 Å². The van der Waals surface area contributed by atoms with E-state index in [4.69, 9.17) is 0 Å². The number of aliphatic hydroxyl groups excluding tert-OH is 3. The molecule has 4 N–H and O–H groups in total. The second kappa shape index (κ2) is 48.2. The Morgan fingerprint density at radius 2 is 0.741 bits per heavy atom. The van der Waals surface area contributed by atoms with Crippen molar-refractivity contribution in [2.24, 2.45) is 0 Å². The lowest BCUT2D eigenvalue weighted by Crippen LogP contribution is -2.45. The number of hydrogen-bond donors (Lipinski definition) is 4. The van der Waals surface area contributed by atoms with Gasteiger partial charge in [-0.1, -0.05) is 243 Å². The van der Waals surface area contributed by atoms with Crippen LogP contribution in [0, 0.1) is 0 Å². The van der Waals surface area contributed by atoms with Crippen LogP contribution in [-0.4, -0.2) is 46.1 Å². The van der Waals surface area contributed by atoms with Gasteiger partial charge in [0.25, 0.3) is 0 Å². The molecule has 0 aromatic heterocycles. The lowest BCUT2D eigenvalue weighted by atomic mass is 10.0. The van der Waals surface area contributed by atoms with Crippen LogP contribution in [0.2, 0.25) is 0 Å². The normalized spacial score (nSPS) is 13.7. The second-order valence-corrected chi connectivity index (χ2v) is 17.8. The number of hydrogen-bond acceptors (Lipinski definition) is 4. The molecule has 5 nitrogen and oxygen atoms in total. The summed E-state index contributed by atoms with van der Waals surface area (Å²) in [7, 11) is 0. The maximum atomic E-state index is 12.5. The molecule has 0 fully saturated rings. The summed E-state index contributed by atoms with van der Waals surface area (Å²) >= 11 is 0. The van der Waals surface area contributed by atoms with E-state index in [-0.39, 0.29) is 18.9 Å². The molecule has 0 heterocycles. The van der Waals surface area contributed by atoms with Gasteiger partial charge in [-0.05, 0) is 57.8 Å². The van der Waals surface area contributed by atoms with Crippen LogP contribution in [0.3, 0.4) is 0 Å². The van der Waals surface area contributed by atoms with Gasteiger partial charge in [-0.15, -0.1) is 0 Å². The van der Waals surface area contributed by atoms with Crippen LogP contribution in [0.15, 0.2) is 36.5 Å². The van der Waals surface area contributed by atoms with E-state index in [0.29, 0.717) is 6.42 Å². The van der Waals surface area contributed by atoms with E-state index in [2.05, 4.69) is 43.5 Å². The summed E-state index contributed by atoms with van der Waals surface area (Å²) in [6.07, 6.45) is 61.7. The van der Waals surface area contributed by atoms with Gasteiger partial charge in [0.05, 0.1) is 31.3 Å². The zero-order valence-corrected chi connectivity index (χ0v) is 38.9. The lowest BCUT2D eigenvalue weighted by Gasteiger charge is -2.21. The smallest absolute Gasteiger partial charge is 0.222 e. The van der Waals surface area contributed by atoms with E-state index >= 15 is 0 Å². The Morgan fingerprint density at radius 3 is 1.10 bits per heavy atom. The topological polar surface area (TPSA) is 89.8 Å². The maximum Gasteiger partial charge on any atom is 0.222 e. The van der Waals surface area contributed by atoms with Crippen LogP contribution >= 0.6 is 0 Å². The highest BCUT2D eigenvalue weighted by atomic mass is 16.3. The third-order valence-electron chi connectivity index (χ3n) is 11.9. The van der Waals surface area contributed by atoms with Crippen LogP contribution < -0.4 is 5.32 Å². The summed E-state index contributed by atoms with van der Waals surface area (Å²) < 4.78 is 0. The fourth-order valence-corrected chi connectivity index (χ4v) is 7.94. The van der Waals surface area contributed by atoms with Gasteiger partial charge in [0.2, 0.25) is 5.91 Å². The van der Waals surface area contributed by atoms with Crippen molar-refractivity contribution in [2.45, 2.75) is 289 Å². The molecule has 0 radical (unpaired) electrons. The minimum Gasteiger partial charge on any atom is -0.394 e. The molecule has 0 aliphatic rings. The molecule has 0 aromatic carbocycles. The Hall–Kier alpha value is -1.43. The molecule has 0 spiro atoms. The highest BCUT2D eigenvalue weighted by Gasteiger charge is 2.20. The molecule has 0 rings (SSSR count). The monoisotopic (exact) mass is 816 g/mol. The first-order valence-corrected chi connectivity index (χ1v) is 25.8. The number of carbonyl (C=O) groups excluding carboxylic acids is 1. The van der Waals surface area contributed by atoms with E-state index in [1.54, 1.807) is 6.08 Å². The average molecular weight is 816 g/mol. The molecular formula is C53H101NO4. The number of nitrogens with one attached hydrogen (secondary N) is 1. The maximum absolute atomic E-state index is 12.5. The number of amides is 1. The molecule has 1 amide bonds. The Kier molecular flexibility index (Phi) is 47.0. The number of allylic oxidation sites excluding steroid dienone is 5. The molecule has 0 saturated carbocycles. The average Bonchev–Trinajstić information content (AvgIpc) is 3.22. The SMILES string of the molecule is CCCCCCCCCCCC/C=C/CC/C=C/C(O)C(CO)NC(=O)CC(O)CCCCCCCCCCCCC/C=C\CCCCCCCCCCCCCC. The fourth-order valence-electron chi connectivity index (χ4n) is 7.94. The molecule has 0 bridgehead atoms. The standard InChI is InChI=1S/C53H101NO4/c1-3-5-7-9-11-13-15-17-19-21-22-23-24-25-26-27-28-29-30-31-32-34-36-38-40-42-44-46-50(56)48-53(58)54-51(49-55)52(57)47-45-43-41-39-37-35-33-20-18-16-14-12-10-8-6-4-2/h25-26,37,39,45,47,50-52,55-57H,3-24,27-36,38,40-44,46,48-49H2,1-2H3,(H,54,58)/b26-25-,39-37+,47-45+. The molecule has 3 atom stereocenters. The number of carbonyl (C=O) groups is 1. The van der Waals surface area contributed by atoms with E-state index < -0.39 is 18.2 Å². The predicted molar refractivity (Wildman–Crippen MR) is 254 cm³/mol. The van der Waals surface area contributed by atoms with Crippen LogP contribution in [0.1, 0.15) is 271 Å². The van der Waals surface area contributed by atoms with Gasteiger partial charge < -0.3 is 20.6 Å². The zero-order valence-electron chi connectivity index (χ0n) is 38.9. The van der Waals surface area contributed by atoms with Gasteiger partial charge in [0, 0.05) is 0 Å². The molecule has 342 valence electrons. The highest BCUT2D eigenvalue weighted by molar-refractivity contribution is 5.76. The zero-order chi connectivity index (χ0) is 42.3.